The second kappa shape index (κ2) is 3.78. The molecule has 0 amide bonds. The van der Waals surface area contributed by atoms with Gasteiger partial charge in [0.15, 0.2) is 0 Å². The first-order valence-corrected chi connectivity index (χ1v) is 5.41. The van der Waals surface area contributed by atoms with Crippen LogP contribution in [0, 0.1) is 6.92 Å². The number of rotatable bonds is 1. The fourth-order valence-electron chi connectivity index (χ4n) is 1.76. The van der Waals surface area contributed by atoms with Crippen LogP contribution in [0.5, 0.6) is 0 Å². The van der Waals surface area contributed by atoms with Gasteiger partial charge in [-0.2, -0.15) is 0 Å². The van der Waals surface area contributed by atoms with Crippen molar-refractivity contribution in [1.82, 2.24) is 24.3 Å². The SMILES string of the molecule is Cc1nc2ncccn2c1-c1cncc(Cl)n1. The molecule has 0 fully saturated rings. The maximum atomic E-state index is 5.85. The van der Waals surface area contributed by atoms with Gasteiger partial charge in [-0.3, -0.25) is 9.38 Å². The number of hydrogen-bond donors (Lipinski definition) is 0. The van der Waals surface area contributed by atoms with Crippen molar-refractivity contribution >= 4 is 17.4 Å². The van der Waals surface area contributed by atoms with Crippen LogP contribution in [0.3, 0.4) is 0 Å². The zero-order chi connectivity index (χ0) is 11.8. The van der Waals surface area contributed by atoms with E-state index in [0.717, 1.165) is 11.4 Å². The van der Waals surface area contributed by atoms with E-state index in [9.17, 15) is 0 Å². The summed E-state index contributed by atoms with van der Waals surface area (Å²) in [7, 11) is 0. The fraction of sp³-hybridized carbons (Fsp3) is 0.0909. The number of hydrogen-bond acceptors (Lipinski definition) is 4. The predicted octanol–water partition coefficient (Wildman–Crippen LogP) is 2.15. The second-order valence-corrected chi connectivity index (χ2v) is 3.95. The Morgan fingerprint density at radius 1 is 1.24 bits per heavy atom. The van der Waals surface area contributed by atoms with Gasteiger partial charge in [0, 0.05) is 12.4 Å². The third kappa shape index (κ3) is 1.64. The Labute approximate surface area is 102 Å². The molecule has 3 rings (SSSR count). The molecule has 0 aliphatic heterocycles. The van der Waals surface area contributed by atoms with Crippen LogP contribution in [-0.2, 0) is 0 Å². The van der Waals surface area contributed by atoms with Crippen LogP contribution in [0.25, 0.3) is 17.2 Å². The second-order valence-electron chi connectivity index (χ2n) is 3.56. The topological polar surface area (TPSA) is 56.0 Å². The Bertz CT molecular complexity index is 691. The highest BCUT2D eigenvalue weighted by Crippen LogP contribution is 2.22. The summed E-state index contributed by atoms with van der Waals surface area (Å²) in [5, 5.41) is 0.362. The van der Waals surface area contributed by atoms with E-state index in [4.69, 9.17) is 11.6 Å². The van der Waals surface area contributed by atoms with Crippen molar-refractivity contribution in [1.29, 1.82) is 0 Å². The summed E-state index contributed by atoms with van der Waals surface area (Å²) in [5.41, 5.74) is 2.40. The van der Waals surface area contributed by atoms with Crippen LogP contribution in [0.1, 0.15) is 5.69 Å². The molecule has 0 unspecified atom stereocenters. The van der Waals surface area contributed by atoms with Crippen LogP contribution in [0.4, 0.5) is 0 Å². The monoisotopic (exact) mass is 245 g/mol. The molecule has 0 bridgehead atoms. The molecule has 0 spiro atoms. The van der Waals surface area contributed by atoms with Crippen LogP contribution in [0.15, 0.2) is 30.9 Å². The lowest BCUT2D eigenvalue weighted by Crippen LogP contribution is -1.93. The maximum Gasteiger partial charge on any atom is 0.234 e. The van der Waals surface area contributed by atoms with Gasteiger partial charge in [0.2, 0.25) is 5.78 Å². The number of imidazole rings is 1. The Balaban J connectivity index is 2.33. The molecule has 5 nitrogen and oxygen atoms in total. The highest BCUT2D eigenvalue weighted by atomic mass is 35.5. The number of nitrogens with zero attached hydrogens (tertiary/aromatic N) is 5. The number of aromatic nitrogens is 5. The Morgan fingerprint density at radius 3 is 2.94 bits per heavy atom. The Hall–Kier alpha value is -2.01. The van der Waals surface area contributed by atoms with Crippen LogP contribution < -0.4 is 0 Å². The lowest BCUT2D eigenvalue weighted by atomic mass is 10.2. The van der Waals surface area contributed by atoms with Gasteiger partial charge in [-0.15, -0.1) is 0 Å². The summed E-state index contributed by atoms with van der Waals surface area (Å²) in [6.07, 6.45) is 6.76. The van der Waals surface area contributed by atoms with E-state index in [-0.39, 0.29) is 0 Å². The molecule has 0 saturated heterocycles. The molecule has 84 valence electrons. The van der Waals surface area contributed by atoms with E-state index in [1.165, 1.54) is 6.20 Å². The standard InChI is InChI=1S/C11H8ClN5/c1-7-10(8-5-13-6-9(12)16-8)17-4-2-3-14-11(17)15-7/h2-6H,1H3. The molecule has 0 aliphatic carbocycles. The van der Waals surface area contributed by atoms with E-state index in [2.05, 4.69) is 19.9 Å². The molecule has 3 aromatic heterocycles. The first-order chi connectivity index (χ1) is 8.25. The summed E-state index contributed by atoms with van der Waals surface area (Å²) in [6, 6.07) is 1.84. The summed E-state index contributed by atoms with van der Waals surface area (Å²) < 4.78 is 1.87. The van der Waals surface area contributed by atoms with Gasteiger partial charge in [0.25, 0.3) is 0 Å². The quantitative estimate of drug-likeness (QED) is 0.659. The van der Waals surface area contributed by atoms with Crippen molar-refractivity contribution in [2.75, 3.05) is 0 Å². The molecule has 17 heavy (non-hydrogen) atoms. The van der Waals surface area contributed by atoms with Crippen molar-refractivity contribution in [2.24, 2.45) is 0 Å². The van der Waals surface area contributed by atoms with E-state index >= 15 is 0 Å². The molecule has 0 aliphatic rings. The molecule has 0 saturated carbocycles. The minimum atomic E-state index is 0.362. The smallest absolute Gasteiger partial charge is 0.234 e. The van der Waals surface area contributed by atoms with Crippen LogP contribution >= 0.6 is 11.6 Å². The van der Waals surface area contributed by atoms with Gasteiger partial charge in [0.05, 0.1) is 23.8 Å². The van der Waals surface area contributed by atoms with Crippen molar-refractivity contribution in [2.45, 2.75) is 6.92 Å². The normalized spacial score (nSPS) is 10.9. The highest BCUT2D eigenvalue weighted by Gasteiger charge is 2.12. The number of fused-ring (bicyclic) bond motifs is 1. The molecule has 3 aromatic rings. The zero-order valence-corrected chi connectivity index (χ0v) is 9.76. The van der Waals surface area contributed by atoms with Crippen LogP contribution in [-0.4, -0.2) is 24.3 Å². The first kappa shape index (κ1) is 10.2. The van der Waals surface area contributed by atoms with E-state index in [1.807, 2.05) is 23.6 Å². The third-order valence-electron chi connectivity index (χ3n) is 2.43. The lowest BCUT2D eigenvalue weighted by Gasteiger charge is -2.01. The van der Waals surface area contributed by atoms with E-state index in [1.54, 1.807) is 12.4 Å². The molecular weight excluding hydrogens is 238 g/mol. The molecule has 0 atom stereocenters. The predicted molar refractivity (Wildman–Crippen MR) is 63.8 cm³/mol. The summed E-state index contributed by atoms with van der Waals surface area (Å²) >= 11 is 5.85. The highest BCUT2D eigenvalue weighted by molar-refractivity contribution is 6.29. The third-order valence-corrected chi connectivity index (χ3v) is 2.61. The number of halogens is 1. The first-order valence-electron chi connectivity index (χ1n) is 5.03. The largest absolute Gasteiger partial charge is 0.282 e. The van der Waals surface area contributed by atoms with Crippen molar-refractivity contribution in [3.8, 4) is 11.4 Å². The number of aryl methyl sites for hydroxylation is 1. The molecular formula is C11H8ClN5. The summed E-state index contributed by atoms with van der Waals surface area (Å²) in [6.45, 7) is 1.91. The minimum Gasteiger partial charge on any atom is -0.282 e. The van der Waals surface area contributed by atoms with Crippen molar-refractivity contribution in [3.63, 3.8) is 0 Å². The molecule has 0 aromatic carbocycles. The molecule has 0 N–H and O–H groups in total. The molecule has 0 radical (unpaired) electrons. The molecule has 3 heterocycles. The summed E-state index contributed by atoms with van der Waals surface area (Å²) in [5.74, 6) is 0.641. The zero-order valence-electron chi connectivity index (χ0n) is 9.00. The van der Waals surface area contributed by atoms with Crippen molar-refractivity contribution in [3.05, 3.63) is 41.7 Å². The van der Waals surface area contributed by atoms with Gasteiger partial charge in [-0.1, -0.05) is 11.6 Å². The van der Waals surface area contributed by atoms with Gasteiger partial charge in [-0.05, 0) is 13.0 Å². The van der Waals surface area contributed by atoms with E-state index in [0.29, 0.717) is 16.6 Å². The van der Waals surface area contributed by atoms with Gasteiger partial charge in [0.1, 0.15) is 10.8 Å². The van der Waals surface area contributed by atoms with Crippen molar-refractivity contribution < 1.29 is 0 Å². The van der Waals surface area contributed by atoms with Crippen LogP contribution in [0.2, 0.25) is 5.15 Å². The fourth-order valence-corrected chi connectivity index (χ4v) is 1.91. The molecule has 6 heteroatoms. The Morgan fingerprint density at radius 2 is 2.12 bits per heavy atom. The summed E-state index contributed by atoms with van der Waals surface area (Å²) in [4.78, 5) is 16.8. The van der Waals surface area contributed by atoms with Gasteiger partial charge < -0.3 is 0 Å². The van der Waals surface area contributed by atoms with Gasteiger partial charge >= 0.3 is 0 Å². The minimum absolute atomic E-state index is 0.362. The average molecular weight is 246 g/mol. The van der Waals surface area contributed by atoms with E-state index < -0.39 is 0 Å². The maximum absolute atomic E-state index is 5.85. The average Bonchev–Trinajstić information content (AvgIpc) is 2.64. The van der Waals surface area contributed by atoms with Gasteiger partial charge in [-0.25, -0.2) is 15.0 Å². The Kier molecular flexibility index (Phi) is 2.26. The lowest BCUT2D eigenvalue weighted by molar-refractivity contribution is 1.09.